The van der Waals surface area contributed by atoms with E-state index >= 15 is 0 Å². The molecule has 0 fully saturated rings. The van der Waals surface area contributed by atoms with E-state index in [1.165, 1.54) is 0 Å². The zero-order chi connectivity index (χ0) is 11.7. The average Bonchev–Trinajstić information content (AvgIpc) is 2.57. The molecule has 0 aliphatic carbocycles. The number of hydrogen-bond acceptors (Lipinski definition) is 3. The quantitative estimate of drug-likeness (QED) is 0.665. The summed E-state index contributed by atoms with van der Waals surface area (Å²) in [5.74, 6) is 0. The topological polar surface area (TPSA) is 63.9 Å². The molecule has 0 radical (unpaired) electrons. The standard InChI is InChI=1S/C11H16N4O/c1-12-10(15(2)3)7-4-5-8-9(6-7)14-11(16)13-8/h4-6,10,12H,1-3H3,(H2,13,14,16). The Morgan fingerprint density at radius 2 is 1.94 bits per heavy atom. The lowest BCUT2D eigenvalue weighted by Gasteiger charge is -2.23. The third-order valence-corrected chi connectivity index (χ3v) is 2.65. The highest BCUT2D eigenvalue weighted by Crippen LogP contribution is 2.18. The number of benzene rings is 1. The maximum atomic E-state index is 11.1. The molecule has 0 spiro atoms. The molecular weight excluding hydrogens is 204 g/mol. The van der Waals surface area contributed by atoms with E-state index in [1.54, 1.807) is 0 Å². The smallest absolute Gasteiger partial charge is 0.306 e. The van der Waals surface area contributed by atoms with Gasteiger partial charge in [-0.15, -0.1) is 0 Å². The minimum atomic E-state index is -0.169. The van der Waals surface area contributed by atoms with E-state index in [9.17, 15) is 4.79 Å². The van der Waals surface area contributed by atoms with Crippen LogP contribution in [0.15, 0.2) is 23.0 Å². The molecule has 86 valence electrons. The third-order valence-electron chi connectivity index (χ3n) is 2.65. The second-order valence-electron chi connectivity index (χ2n) is 4.04. The number of aromatic amines is 2. The summed E-state index contributed by atoms with van der Waals surface area (Å²) in [6.45, 7) is 0. The molecule has 0 bridgehead atoms. The summed E-state index contributed by atoms with van der Waals surface area (Å²) in [7, 11) is 5.92. The zero-order valence-corrected chi connectivity index (χ0v) is 9.66. The minimum absolute atomic E-state index is 0.141. The van der Waals surface area contributed by atoms with Gasteiger partial charge in [0.2, 0.25) is 0 Å². The summed E-state index contributed by atoms with van der Waals surface area (Å²) < 4.78 is 0. The van der Waals surface area contributed by atoms with Crippen LogP contribution in [0, 0.1) is 0 Å². The Bertz CT molecular complexity index is 540. The number of nitrogens with one attached hydrogen (secondary N) is 3. The Balaban J connectivity index is 2.48. The van der Waals surface area contributed by atoms with E-state index in [2.05, 4.69) is 20.2 Å². The maximum absolute atomic E-state index is 11.1. The second kappa shape index (κ2) is 4.11. The molecule has 0 saturated carbocycles. The zero-order valence-electron chi connectivity index (χ0n) is 9.66. The summed E-state index contributed by atoms with van der Waals surface area (Å²) in [5.41, 5.74) is 2.63. The van der Waals surface area contributed by atoms with Crippen LogP contribution >= 0.6 is 0 Å². The minimum Gasteiger partial charge on any atom is -0.306 e. The number of imidazole rings is 1. The van der Waals surface area contributed by atoms with E-state index in [1.807, 2.05) is 39.3 Å². The number of rotatable bonds is 3. The van der Waals surface area contributed by atoms with E-state index in [0.29, 0.717) is 0 Å². The molecule has 1 unspecified atom stereocenters. The van der Waals surface area contributed by atoms with Gasteiger partial charge in [-0.05, 0) is 38.8 Å². The van der Waals surface area contributed by atoms with Crippen molar-refractivity contribution in [1.29, 1.82) is 0 Å². The molecular formula is C11H16N4O. The van der Waals surface area contributed by atoms with Crippen LogP contribution in [0.1, 0.15) is 11.7 Å². The Morgan fingerprint density at radius 3 is 2.56 bits per heavy atom. The predicted octanol–water partition coefficient (Wildman–Crippen LogP) is 0.636. The number of H-pyrrole nitrogens is 2. The van der Waals surface area contributed by atoms with Gasteiger partial charge in [-0.25, -0.2) is 4.79 Å². The van der Waals surface area contributed by atoms with Gasteiger partial charge < -0.3 is 15.3 Å². The predicted molar refractivity (Wildman–Crippen MR) is 64.4 cm³/mol. The first-order chi connectivity index (χ1) is 7.61. The van der Waals surface area contributed by atoms with E-state index < -0.39 is 0 Å². The molecule has 16 heavy (non-hydrogen) atoms. The first kappa shape index (κ1) is 10.9. The highest BCUT2D eigenvalue weighted by molar-refractivity contribution is 5.75. The fraction of sp³-hybridized carbons (Fsp3) is 0.364. The molecule has 0 saturated heterocycles. The molecule has 1 heterocycles. The average molecular weight is 220 g/mol. The van der Waals surface area contributed by atoms with Crippen molar-refractivity contribution in [3.63, 3.8) is 0 Å². The van der Waals surface area contributed by atoms with Crippen molar-refractivity contribution in [2.45, 2.75) is 6.17 Å². The number of fused-ring (bicyclic) bond motifs is 1. The SMILES string of the molecule is CNC(c1ccc2[nH]c(=O)[nH]c2c1)N(C)C. The second-order valence-corrected chi connectivity index (χ2v) is 4.04. The molecule has 2 rings (SSSR count). The van der Waals surface area contributed by atoms with Gasteiger partial charge in [-0.3, -0.25) is 4.90 Å². The fourth-order valence-corrected chi connectivity index (χ4v) is 1.94. The summed E-state index contributed by atoms with van der Waals surface area (Å²) in [6, 6.07) is 5.90. The van der Waals surface area contributed by atoms with Gasteiger partial charge in [-0.1, -0.05) is 6.07 Å². The molecule has 2 aromatic rings. The van der Waals surface area contributed by atoms with Gasteiger partial charge in [-0.2, -0.15) is 0 Å². The molecule has 5 heteroatoms. The van der Waals surface area contributed by atoms with Crippen LogP contribution in [0.4, 0.5) is 0 Å². The van der Waals surface area contributed by atoms with Crippen LogP contribution in [0.5, 0.6) is 0 Å². The monoisotopic (exact) mass is 220 g/mol. The molecule has 3 N–H and O–H groups in total. The summed E-state index contributed by atoms with van der Waals surface area (Å²) >= 11 is 0. The fourth-order valence-electron chi connectivity index (χ4n) is 1.94. The lowest BCUT2D eigenvalue weighted by atomic mass is 10.1. The number of aromatic nitrogens is 2. The van der Waals surface area contributed by atoms with Crippen LogP contribution in [0.2, 0.25) is 0 Å². The van der Waals surface area contributed by atoms with Gasteiger partial charge in [0.15, 0.2) is 0 Å². The lowest BCUT2D eigenvalue weighted by molar-refractivity contribution is 0.265. The lowest BCUT2D eigenvalue weighted by Crippen LogP contribution is -2.30. The van der Waals surface area contributed by atoms with Gasteiger partial charge >= 0.3 is 5.69 Å². The highest BCUT2D eigenvalue weighted by Gasteiger charge is 2.12. The molecule has 5 nitrogen and oxygen atoms in total. The van der Waals surface area contributed by atoms with Crippen molar-refractivity contribution in [2.75, 3.05) is 21.1 Å². The van der Waals surface area contributed by atoms with Crippen molar-refractivity contribution >= 4 is 11.0 Å². The third kappa shape index (κ3) is 1.87. The molecule has 1 atom stereocenters. The normalized spacial score (nSPS) is 13.5. The van der Waals surface area contributed by atoms with Gasteiger partial charge in [0.1, 0.15) is 0 Å². The largest absolute Gasteiger partial charge is 0.323 e. The van der Waals surface area contributed by atoms with Crippen LogP contribution in [-0.4, -0.2) is 36.0 Å². The van der Waals surface area contributed by atoms with Crippen LogP contribution in [0.25, 0.3) is 11.0 Å². The number of nitrogens with zero attached hydrogens (tertiary/aromatic N) is 1. The Labute approximate surface area is 93.5 Å². The van der Waals surface area contributed by atoms with E-state index in [-0.39, 0.29) is 11.9 Å². The Hall–Kier alpha value is -1.59. The summed E-state index contributed by atoms with van der Waals surface area (Å²) in [6.07, 6.45) is 0.141. The van der Waals surface area contributed by atoms with E-state index in [0.717, 1.165) is 16.6 Å². The Morgan fingerprint density at radius 1 is 1.25 bits per heavy atom. The first-order valence-corrected chi connectivity index (χ1v) is 5.17. The first-order valence-electron chi connectivity index (χ1n) is 5.17. The molecule has 0 aliphatic rings. The van der Waals surface area contributed by atoms with Gasteiger partial charge in [0, 0.05) is 0 Å². The van der Waals surface area contributed by atoms with E-state index in [4.69, 9.17) is 0 Å². The van der Waals surface area contributed by atoms with Gasteiger partial charge in [0.05, 0.1) is 17.2 Å². The van der Waals surface area contributed by atoms with Crippen LogP contribution in [-0.2, 0) is 0 Å². The maximum Gasteiger partial charge on any atom is 0.323 e. The van der Waals surface area contributed by atoms with Crippen LogP contribution < -0.4 is 11.0 Å². The van der Waals surface area contributed by atoms with Gasteiger partial charge in [0.25, 0.3) is 0 Å². The van der Waals surface area contributed by atoms with Crippen molar-refractivity contribution in [3.8, 4) is 0 Å². The van der Waals surface area contributed by atoms with Crippen molar-refractivity contribution in [3.05, 3.63) is 34.2 Å². The summed E-state index contributed by atoms with van der Waals surface area (Å²) in [4.78, 5) is 18.7. The molecule has 0 amide bonds. The highest BCUT2D eigenvalue weighted by atomic mass is 16.1. The molecule has 1 aromatic carbocycles. The molecule has 0 aliphatic heterocycles. The summed E-state index contributed by atoms with van der Waals surface area (Å²) in [5, 5.41) is 3.21. The molecule has 1 aromatic heterocycles. The Kier molecular flexibility index (Phi) is 2.80. The number of hydrogen-bond donors (Lipinski definition) is 3. The van der Waals surface area contributed by atoms with Crippen molar-refractivity contribution in [2.24, 2.45) is 0 Å². The van der Waals surface area contributed by atoms with Crippen LogP contribution in [0.3, 0.4) is 0 Å². The van der Waals surface area contributed by atoms with Crippen molar-refractivity contribution < 1.29 is 0 Å². The van der Waals surface area contributed by atoms with Crippen molar-refractivity contribution in [1.82, 2.24) is 20.2 Å².